The molecular weight excluding hydrogens is 809 g/mol. The van der Waals surface area contributed by atoms with Crippen LogP contribution in [0.1, 0.15) is 194 Å². The van der Waals surface area contributed by atoms with E-state index in [0.717, 1.165) is 118 Å². The molecule has 2 atom stereocenters. The summed E-state index contributed by atoms with van der Waals surface area (Å²) < 4.78 is 13.1. The zero-order chi connectivity index (χ0) is 46.7. The Hall–Kier alpha value is -4.70. The number of hydrogen-bond acceptors (Lipinski definition) is 4. The monoisotopic (exact) mass is 891 g/mol. The molecule has 0 heterocycles. The third-order valence-corrected chi connectivity index (χ3v) is 14.4. The number of hydrogen-bond donors (Lipinski definition) is 0. The van der Waals surface area contributed by atoms with Gasteiger partial charge in [0, 0.05) is 34.4 Å². The van der Waals surface area contributed by atoms with Crippen molar-refractivity contribution >= 4 is 55.0 Å². The summed E-state index contributed by atoms with van der Waals surface area (Å²) >= 11 is 0. The van der Waals surface area contributed by atoms with Crippen LogP contribution in [0.4, 0.5) is 0 Å². The highest BCUT2D eigenvalue weighted by Crippen LogP contribution is 2.50. The summed E-state index contributed by atoms with van der Waals surface area (Å²) in [6, 6.07) is 30.9. The molecule has 0 spiro atoms. The van der Waals surface area contributed by atoms with Crippen molar-refractivity contribution in [1.82, 2.24) is 0 Å². The molecule has 0 aliphatic heterocycles. The van der Waals surface area contributed by atoms with Crippen LogP contribution < -0.4 is 9.47 Å². The number of carbonyl (C=O) groups excluding carboxylic acids is 2. The highest BCUT2D eigenvalue weighted by molar-refractivity contribution is 6.27. The Morgan fingerprint density at radius 3 is 1.12 bits per heavy atom. The van der Waals surface area contributed by atoms with Crippen LogP contribution in [0.25, 0.3) is 54.2 Å². The van der Waals surface area contributed by atoms with Crippen LogP contribution in [0.15, 0.2) is 84.9 Å². The van der Waals surface area contributed by atoms with Crippen molar-refractivity contribution in [3.05, 3.63) is 96.1 Å². The molecule has 0 amide bonds. The van der Waals surface area contributed by atoms with Crippen molar-refractivity contribution in [3.63, 3.8) is 0 Å². The summed E-state index contributed by atoms with van der Waals surface area (Å²) in [7, 11) is 0. The molecule has 0 N–H and O–H groups in total. The topological polar surface area (TPSA) is 52.6 Å². The minimum atomic E-state index is -0.166. The first-order valence-electron chi connectivity index (χ1n) is 26.7. The van der Waals surface area contributed by atoms with Crippen LogP contribution in [-0.4, -0.2) is 11.9 Å². The summed E-state index contributed by atoms with van der Waals surface area (Å²) in [6.45, 7) is 13.7. The summed E-state index contributed by atoms with van der Waals surface area (Å²) in [4.78, 5) is 27.7. The normalized spacial score (nSPS) is 12.6. The predicted molar refractivity (Wildman–Crippen MR) is 283 cm³/mol. The molecular formula is C62H82O4. The van der Waals surface area contributed by atoms with Crippen molar-refractivity contribution in [1.29, 1.82) is 0 Å². The van der Waals surface area contributed by atoms with E-state index in [-0.39, 0.29) is 11.9 Å². The standard InChI is InChI=1S/C62H82O4/c1-7-13-17-19-21-23-35-57(63)65-61-51-33-27-25-31-49(51)59(55-43-47(37-39-53(55)61)41-45(11-5)29-15-9-3)60-50-32-26-28-34-52(50)62(66-58(64)36-24-22-20-18-14-8-2)54-40-38-48(44-56(54)60)42-46(12-6)30-16-10-4/h25-28,31-34,37-40,43-46H,7-24,29-30,35-36,41-42H2,1-6H3. The SMILES string of the molecule is CCCCCCCCC(=O)Oc1c2ccccc2c(-c2c3ccccc3c(OC(=O)CCCCCCCC)c3ccc(CC(CC)CCCC)cc23)c2cc(CC(CC)CCCC)ccc12. The van der Waals surface area contributed by atoms with E-state index in [1.165, 1.54) is 88.2 Å². The smallest absolute Gasteiger partial charge is 0.311 e. The molecule has 2 unspecified atom stereocenters. The third kappa shape index (κ3) is 13.3. The quantitative estimate of drug-likeness (QED) is 0.0204. The minimum Gasteiger partial charge on any atom is -0.425 e. The van der Waals surface area contributed by atoms with E-state index in [1.54, 1.807) is 0 Å². The lowest BCUT2D eigenvalue weighted by Gasteiger charge is -2.23. The van der Waals surface area contributed by atoms with Crippen LogP contribution in [-0.2, 0) is 22.4 Å². The van der Waals surface area contributed by atoms with Crippen molar-refractivity contribution in [2.75, 3.05) is 0 Å². The lowest BCUT2D eigenvalue weighted by Crippen LogP contribution is -2.09. The van der Waals surface area contributed by atoms with Gasteiger partial charge in [0.15, 0.2) is 0 Å². The minimum absolute atomic E-state index is 0.166. The van der Waals surface area contributed by atoms with Gasteiger partial charge in [-0.05, 0) is 81.3 Å². The molecule has 0 saturated carbocycles. The fourth-order valence-corrected chi connectivity index (χ4v) is 10.4. The van der Waals surface area contributed by atoms with Gasteiger partial charge in [0.2, 0.25) is 0 Å². The maximum atomic E-state index is 13.8. The Balaban J connectivity index is 1.59. The first kappa shape index (κ1) is 50.7. The molecule has 0 aliphatic carbocycles. The van der Waals surface area contributed by atoms with Crippen molar-refractivity contribution in [3.8, 4) is 22.6 Å². The average molecular weight is 891 g/mol. The van der Waals surface area contributed by atoms with E-state index < -0.39 is 0 Å². The van der Waals surface area contributed by atoms with E-state index in [2.05, 4.69) is 126 Å². The number of carbonyl (C=O) groups is 2. The molecule has 0 aliphatic rings. The number of benzene rings is 6. The van der Waals surface area contributed by atoms with Crippen LogP contribution in [0, 0.1) is 11.8 Å². The largest absolute Gasteiger partial charge is 0.425 e. The van der Waals surface area contributed by atoms with Crippen LogP contribution >= 0.6 is 0 Å². The Labute approximate surface area is 398 Å². The van der Waals surface area contributed by atoms with Gasteiger partial charge in [0.25, 0.3) is 0 Å². The maximum Gasteiger partial charge on any atom is 0.311 e. The molecule has 354 valence electrons. The Bertz CT molecular complexity index is 2300. The highest BCUT2D eigenvalue weighted by Gasteiger charge is 2.25. The van der Waals surface area contributed by atoms with Gasteiger partial charge in [-0.2, -0.15) is 0 Å². The van der Waals surface area contributed by atoms with E-state index in [1.807, 2.05) is 0 Å². The molecule has 4 nitrogen and oxygen atoms in total. The Morgan fingerprint density at radius 2 is 0.742 bits per heavy atom. The Kier molecular flexibility index (Phi) is 20.4. The zero-order valence-electron chi connectivity index (χ0n) is 41.8. The number of rotatable bonds is 29. The van der Waals surface area contributed by atoms with E-state index >= 15 is 0 Å². The summed E-state index contributed by atoms with van der Waals surface area (Å²) in [5.74, 6) is 2.16. The molecule has 0 aromatic heterocycles. The second-order valence-electron chi connectivity index (χ2n) is 19.5. The van der Waals surface area contributed by atoms with E-state index in [9.17, 15) is 9.59 Å². The number of unbranched alkanes of at least 4 members (excludes halogenated alkanes) is 12. The second-order valence-corrected chi connectivity index (χ2v) is 19.5. The van der Waals surface area contributed by atoms with Crippen LogP contribution in [0.5, 0.6) is 11.5 Å². The third-order valence-electron chi connectivity index (χ3n) is 14.4. The van der Waals surface area contributed by atoms with Crippen molar-refractivity contribution < 1.29 is 19.1 Å². The average Bonchev–Trinajstić information content (AvgIpc) is 3.34. The van der Waals surface area contributed by atoms with Gasteiger partial charge >= 0.3 is 11.9 Å². The fourth-order valence-electron chi connectivity index (χ4n) is 10.4. The lowest BCUT2D eigenvalue weighted by atomic mass is 9.83. The molecule has 6 aromatic rings. The van der Waals surface area contributed by atoms with E-state index in [0.29, 0.717) is 36.2 Å². The molecule has 4 heteroatoms. The number of esters is 2. The van der Waals surface area contributed by atoms with Crippen molar-refractivity contribution in [2.24, 2.45) is 11.8 Å². The lowest BCUT2D eigenvalue weighted by molar-refractivity contribution is -0.135. The van der Waals surface area contributed by atoms with Gasteiger partial charge < -0.3 is 9.47 Å². The Morgan fingerprint density at radius 1 is 0.394 bits per heavy atom. The summed E-state index contributed by atoms with van der Waals surface area (Å²) in [5.41, 5.74) is 4.90. The van der Waals surface area contributed by atoms with Gasteiger partial charge in [-0.15, -0.1) is 0 Å². The summed E-state index contributed by atoms with van der Waals surface area (Å²) in [5, 5.41) is 8.09. The van der Waals surface area contributed by atoms with Crippen molar-refractivity contribution in [2.45, 2.75) is 196 Å². The first-order chi connectivity index (χ1) is 32.3. The molecule has 6 rings (SSSR count). The summed E-state index contributed by atoms with van der Waals surface area (Å²) in [6.07, 6.45) is 25.8. The molecule has 66 heavy (non-hydrogen) atoms. The molecule has 0 bridgehead atoms. The molecule has 0 saturated heterocycles. The van der Waals surface area contributed by atoms with E-state index in [4.69, 9.17) is 9.47 Å². The van der Waals surface area contributed by atoms with Gasteiger partial charge in [0.05, 0.1) is 0 Å². The van der Waals surface area contributed by atoms with Gasteiger partial charge in [-0.1, -0.05) is 242 Å². The first-order valence-corrected chi connectivity index (χ1v) is 26.7. The molecule has 6 aromatic carbocycles. The molecule has 0 radical (unpaired) electrons. The zero-order valence-corrected chi connectivity index (χ0v) is 41.8. The van der Waals surface area contributed by atoms with Gasteiger partial charge in [0.1, 0.15) is 11.5 Å². The van der Waals surface area contributed by atoms with Gasteiger partial charge in [-0.3, -0.25) is 9.59 Å². The van der Waals surface area contributed by atoms with Crippen LogP contribution in [0.2, 0.25) is 0 Å². The number of fused-ring (bicyclic) bond motifs is 4. The highest BCUT2D eigenvalue weighted by atomic mass is 16.5. The maximum absolute atomic E-state index is 13.8. The molecule has 0 fully saturated rings. The predicted octanol–water partition coefficient (Wildman–Crippen LogP) is 18.8. The van der Waals surface area contributed by atoms with Gasteiger partial charge in [-0.25, -0.2) is 0 Å². The number of ether oxygens (including phenoxy) is 2. The van der Waals surface area contributed by atoms with Crippen LogP contribution in [0.3, 0.4) is 0 Å². The second kappa shape index (κ2) is 26.6. The fraction of sp³-hybridized carbons (Fsp3) is 0.516.